The summed E-state index contributed by atoms with van der Waals surface area (Å²) in [4.78, 5) is 0.148. The van der Waals surface area contributed by atoms with E-state index >= 15 is 0 Å². The molecule has 0 bridgehead atoms. The molecule has 0 aromatic heterocycles. The normalized spacial score (nSPS) is 11.4. The minimum Gasteiger partial charge on any atom is -0.318 e. The molecule has 0 fully saturated rings. The van der Waals surface area contributed by atoms with E-state index in [1.165, 1.54) is 23.5 Å². The zero-order valence-corrected chi connectivity index (χ0v) is 10.7. The van der Waals surface area contributed by atoms with Crippen LogP contribution in [-0.4, -0.2) is 39.9 Å². The summed E-state index contributed by atoms with van der Waals surface area (Å²) >= 11 is 0. The molecule has 6 heteroatoms. The lowest BCUT2D eigenvalue weighted by atomic mass is 10.2. The van der Waals surface area contributed by atoms with Gasteiger partial charge < -0.3 is 5.32 Å². The van der Waals surface area contributed by atoms with Crippen LogP contribution in [-0.2, 0) is 10.0 Å². The van der Waals surface area contributed by atoms with E-state index in [4.69, 9.17) is 5.26 Å². The van der Waals surface area contributed by atoms with Crippen molar-refractivity contribution in [3.05, 3.63) is 29.8 Å². The van der Waals surface area contributed by atoms with Crippen molar-refractivity contribution in [2.45, 2.75) is 4.90 Å². The van der Waals surface area contributed by atoms with Gasteiger partial charge in [0.25, 0.3) is 0 Å². The first kappa shape index (κ1) is 13.6. The number of nitriles is 1. The molecule has 0 aliphatic rings. The van der Waals surface area contributed by atoms with Crippen molar-refractivity contribution in [3.63, 3.8) is 0 Å². The van der Waals surface area contributed by atoms with Gasteiger partial charge >= 0.3 is 0 Å². The molecule has 0 saturated carbocycles. The second kappa shape index (κ2) is 5.77. The van der Waals surface area contributed by atoms with Crippen molar-refractivity contribution in [1.29, 1.82) is 5.26 Å². The molecule has 1 aromatic rings. The Kier molecular flexibility index (Phi) is 4.63. The predicted molar refractivity (Wildman–Crippen MR) is 64.9 cm³/mol. The fourth-order valence-electron chi connectivity index (χ4n) is 1.30. The van der Waals surface area contributed by atoms with Crippen molar-refractivity contribution in [3.8, 4) is 6.07 Å². The lowest BCUT2D eigenvalue weighted by Gasteiger charge is -2.16. The van der Waals surface area contributed by atoms with Crippen molar-refractivity contribution in [1.82, 2.24) is 9.62 Å². The monoisotopic (exact) mass is 253 g/mol. The summed E-state index contributed by atoms with van der Waals surface area (Å²) in [5.74, 6) is 0. The third-order valence-corrected chi connectivity index (χ3v) is 4.20. The smallest absolute Gasteiger partial charge is 0.242 e. The number of nitrogens with zero attached hydrogens (tertiary/aromatic N) is 2. The van der Waals surface area contributed by atoms with Crippen LogP contribution in [0.5, 0.6) is 0 Å². The van der Waals surface area contributed by atoms with Gasteiger partial charge in [-0.15, -0.1) is 0 Å². The zero-order valence-electron chi connectivity index (χ0n) is 9.84. The fourth-order valence-corrected chi connectivity index (χ4v) is 2.51. The van der Waals surface area contributed by atoms with E-state index in [1.54, 1.807) is 19.2 Å². The molecule has 0 aliphatic carbocycles. The quantitative estimate of drug-likeness (QED) is 0.824. The van der Waals surface area contributed by atoms with Gasteiger partial charge in [0.2, 0.25) is 10.0 Å². The molecule has 1 N–H and O–H groups in total. The molecule has 0 spiro atoms. The number of hydrogen-bond acceptors (Lipinski definition) is 4. The lowest BCUT2D eigenvalue weighted by molar-refractivity contribution is 0.466. The standard InChI is InChI=1S/C11H15N3O2S/c1-13-6-7-14(2)17(15,16)11-5-3-4-10(8-11)9-12/h3-5,8,13H,6-7H2,1-2H3. The number of likely N-dealkylation sites (N-methyl/N-ethyl adjacent to an activating group) is 2. The Labute approximate surface area is 102 Å². The minimum atomic E-state index is -3.50. The van der Waals surface area contributed by atoms with Crippen molar-refractivity contribution in [2.75, 3.05) is 27.2 Å². The Morgan fingerprint density at radius 3 is 2.76 bits per heavy atom. The molecule has 5 nitrogen and oxygen atoms in total. The summed E-state index contributed by atoms with van der Waals surface area (Å²) in [7, 11) is -0.221. The first-order valence-electron chi connectivity index (χ1n) is 5.13. The van der Waals surface area contributed by atoms with E-state index in [9.17, 15) is 8.42 Å². The van der Waals surface area contributed by atoms with Crippen LogP contribution in [0, 0.1) is 11.3 Å². The van der Waals surface area contributed by atoms with Gasteiger partial charge in [0.05, 0.1) is 16.5 Å². The van der Waals surface area contributed by atoms with Crippen molar-refractivity contribution < 1.29 is 8.42 Å². The van der Waals surface area contributed by atoms with Gasteiger partial charge in [0, 0.05) is 20.1 Å². The SMILES string of the molecule is CNCCN(C)S(=O)(=O)c1cccc(C#N)c1. The Balaban J connectivity index is 3.01. The lowest BCUT2D eigenvalue weighted by Crippen LogP contribution is -2.32. The van der Waals surface area contributed by atoms with Crippen LogP contribution in [0.1, 0.15) is 5.56 Å². The highest BCUT2D eigenvalue weighted by Crippen LogP contribution is 2.15. The van der Waals surface area contributed by atoms with Gasteiger partial charge in [0.15, 0.2) is 0 Å². The molecule has 0 aliphatic heterocycles. The van der Waals surface area contributed by atoms with Gasteiger partial charge in [-0.05, 0) is 25.2 Å². The second-order valence-electron chi connectivity index (χ2n) is 3.57. The van der Waals surface area contributed by atoms with E-state index in [1.807, 2.05) is 6.07 Å². The molecule has 0 amide bonds. The average molecular weight is 253 g/mol. The molecule has 0 heterocycles. The van der Waals surface area contributed by atoms with Gasteiger partial charge in [-0.3, -0.25) is 0 Å². The van der Waals surface area contributed by atoms with E-state index in [-0.39, 0.29) is 4.90 Å². The van der Waals surface area contributed by atoms with Crippen molar-refractivity contribution >= 4 is 10.0 Å². The predicted octanol–water partition coefficient (Wildman–Crippen LogP) is 0.398. The highest BCUT2D eigenvalue weighted by atomic mass is 32.2. The molecule has 1 aromatic carbocycles. The summed E-state index contributed by atoms with van der Waals surface area (Å²) in [6.45, 7) is 0.962. The van der Waals surface area contributed by atoms with E-state index in [0.717, 1.165) is 0 Å². The molecule has 0 unspecified atom stereocenters. The number of sulfonamides is 1. The second-order valence-corrected chi connectivity index (χ2v) is 5.61. The molecule has 17 heavy (non-hydrogen) atoms. The molecular weight excluding hydrogens is 238 g/mol. The van der Waals surface area contributed by atoms with Crippen LogP contribution >= 0.6 is 0 Å². The first-order valence-corrected chi connectivity index (χ1v) is 6.57. The number of hydrogen-bond donors (Lipinski definition) is 1. The summed E-state index contributed by atoms with van der Waals surface area (Å²) in [6.07, 6.45) is 0. The third kappa shape index (κ3) is 3.27. The largest absolute Gasteiger partial charge is 0.318 e. The van der Waals surface area contributed by atoms with Crippen LogP contribution in [0.2, 0.25) is 0 Å². The molecular formula is C11H15N3O2S. The zero-order chi connectivity index (χ0) is 12.9. The first-order chi connectivity index (χ1) is 8.02. The highest BCUT2D eigenvalue weighted by Gasteiger charge is 2.20. The number of benzene rings is 1. The number of rotatable bonds is 5. The maximum Gasteiger partial charge on any atom is 0.242 e. The number of nitrogens with one attached hydrogen (secondary N) is 1. The summed E-state index contributed by atoms with van der Waals surface area (Å²) in [5.41, 5.74) is 0.341. The third-order valence-electron chi connectivity index (χ3n) is 2.35. The van der Waals surface area contributed by atoms with Crippen molar-refractivity contribution in [2.24, 2.45) is 0 Å². The van der Waals surface area contributed by atoms with E-state index in [2.05, 4.69) is 5.32 Å². The van der Waals surface area contributed by atoms with Crippen LogP contribution in [0.15, 0.2) is 29.2 Å². The Morgan fingerprint density at radius 1 is 1.47 bits per heavy atom. The summed E-state index contributed by atoms with van der Waals surface area (Å²) in [6, 6.07) is 7.94. The van der Waals surface area contributed by atoms with E-state index in [0.29, 0.717) is 18.7 Å². The van der Waals surface area contributed by atoms with Gasteiger partial charge in [-0.25, -0.2) is 8.42 Å². The van der Waals surface area contributed by atoms with Gasteiger partial charge in [-0.1, -0.05) is 6.07 Å². The molecule has 92 valence electrons. The van der Waals surface area contributed by atoms with Crippen LogP contribution in [0.4, 0.5) is 0 Å². The van der Waals surface area contributed by atoms with Crippen LogP contribution in [0.25, 0.3) is 0 Å². The highest BCUT2D eigenvalue weighted by molar-refractivity contribution is 7.89. The topological polar surface area (TPSA) is 73.2 Å². The van der Waals surface area contributed by atoms with Crippen LogP contribution < -0.4 is 5.32 Å². The fraction of sp³-hybridized carbons (Fsp3) is 0.364. The Bertz CT molecular complexity index is 520. The summed E-state index contributed by atoms with van der Waals surface area (Å²) < 4.78 is 25.5. The maximum atomic E-state index is 12.1. The molecule has 1 rings (SSSR count). The summed E-state index contributed by atoms with van der Waals surface area (Å²) in [5, 5.41) is 11.6. The Morgan fingerprint density at radius 2 is 2.18 bits per heavy atom. The average Bonchev–Trinajstić information content (AvgIpc) is 2.35. The van der Waals surface area contributed by atoms with Crippen LogP contribution in [0.3, 0.4) is 0 Å². The minimum absolute atomic E-state index is 0.148. The maximum absolute atomic E-state index is 12.1. The van der Waals surface area contributed by atoms with E-state index < -0.39 is 10.0 Å². The van der Waals surface area contributed by atoms with Gasteiger partial charge in [0.1, 0.15) is 0 Å². The molecule has 0 radical (unpaired) electrons. The molecule has 0 atom stereocenters. The van der Waals surface area contributed by atoms with Gasteiger partial charge in [-0.2, -0.15) is 9.57 Å². The molecule has 0 saturated heterocycles. The Hall–Kier alpha value is -1.42.